The molecule has 110 valence electrons. The molecule has 0 aliphatic heterocycles. The first-order valence-electron chi connectivity index (χ1n) is 6.53. The molecule has 8 heteroatoms. The van der Waals surface area contributed by atoms with Gasteiger partial charge in [0.15, 0.2) is 5.82 Å². The number of nitrogen functional groups attached to an aromatic ring is 1. The van der Waals surface area contributed by atoms with E-state index in [9.17, 15) is 0 Å². The van der Waals surface area contributed by atoms with Crippen LogP contribution in [-0.2, 0) is 20.1 Å². The van der Waals surface area contributed by atoms with Crippen LogP contribution in [0.25, 0.3) is 10.2 Å². The Hall–Kier alpha value is -2.03. The SMILES string of the molecule is CN(Cc1nc(NN)c2ccsc2n1)Cc1nccn1C. The number of hydrogen-bond donors (Lipinski definition) is 2. The fraction of sp³-hybridized carbons (Fsp3) is 0.308. The van der Waals surface area contributed by atoms with Gasteiger partial charge in [-0.25, -0.2) is 20.8 Å². The summed E-state index contributed by atoms with van der Waals surface area (Å²) in [6.07, 6.45) is 3.74. The molecule has 0 saturated heterocycles. The van der Waals surface area contributed by atoms with E-state index in [2.05, 4.69) is 25.3 Å². The lowest BCUT2D eigenvalue weighted by Crippen LogP contribution is -2.21. The number of nitrogens with two attached hydrogens (primary N) is 1. The zero-order valence-corrected chi connectivity index (χ0v) is 12.8. The number of nitrogens with zero attached hydrogens (tertiary/aromatic N) is 5. The Morgan fingerprint density at radius 1 is 1.38 bits per heavy atom. The Kier molecular flexibility index (Phi) is 3.82. The number of aromatic nitrogens is 4. The topological polar surface area (TPSA) is 84.9 Å². The molecule has 0 unspecified atom stereocenters. The second kappa shape index (κ2) is 5.76. The smallest absolute Gasteiger partial charge is 0.152 e. The maximum atomic E-state index is 5.54. The molecule has 3 N–H and O–H groups in total. The van der Waals surface area contributed by atoms with Gasteiger partial charge in [-0.15, -0.1) is 11.3 Å². The van der Waals surface area contributed by atoms with Gasteiger partial charge in [0.1, 0.15) is 16.5 Å². The van der Waals surface area contributed by atoms with Crippen LogP contribution in [0.1, 0.15) is 11.6 Å². The van der Waals surface area contributed by atoms with Crippen molar-refractivity contribution < 1.29 is 0 Å². The highest BCUT2D eigenvalue weighted by Crippen LogP contribution is 2.24. The van der Waals surface area contributed by atoms with Crippen molar-refractivity contribution in [3.8, 4) is 0 Å². The van der Waals surface area contributed by atoms with Crippen LogP contribution in [0.15, 0.2) is 23.8 Å². The molecule has 3 aromatic rings. The Labute approximate surface area is 126 Å². The van der Waals surface area contributed by atoms with Crippen LogP contribution in [0.3, 0.4) is 0 Å². The zero-order chi connectivity index (χ0) is 14.8. The van der Waals surface area contributed by atoms with Crippen LogP contribution in [0.2, 0.25) is 0 Å². The van der Waals surface area contributed by atoms with E-state index in [4.69, 9.17) is 5.84 Å². The fourth-order valence-corrected chi connectivity index (χ4v) is 2.95. The Bertz CT molecular complexity index is 748. The predicted molar refractivity (Wildman–Crippen MR) is 83.6 cm³/mol. The summed E-state index contributed by atoms with van der Waals surface area (Å²) < 4.78 is 2.01. The maximum Gasteiger partial charge on any atom is 0.152 e. The van der Waals surface area contributed by atoms with Gasteiger partial charge in [0.2, 0.25) is 0 Å². The van der Waals surface area contributed by atoms with E-state index in [-0.39, 0.29) is 0 Å². The highest BCUT2D eigenvalue weighted by molar-refractivity contribution is 7.16. The first-order chi connectivity index (χ1) is 10.2. The van der Waals surface area contributed by atoms with Gasteiger partial charge in [0.25, 0.3) is 0 Å². The van der Waals surface area contributed by atoms with E-state index >= 15 is 0 Å². The molecule has 7 nitrogen and oxygen atoms in total. The number of rotatable bonds is 5. The van der Waals surface area contributed by atoms with Gasteiger partial charge in [-0.05, 0) is 18.5 Å². The summed E-state index contributed by atoms with van der Waals surface area (Å²) in [6.45, 7) is 1.37. The molecule has 0 radical (unpaired) electrons. The minimum Gasteiger partial charge on any atom is -0.337 e. The van der Waals surface area contributed by atoms with Gasteiger partial charge < -0.3 is 9.99 Å². The molecular formula is C13H17N7S. The second-order valence-electron chi connectivity index (χ2n) is 4.90. The monoisotopic (exact) mass is 303 g/mol. The molecule has 3 aromatic heterocycles. The fourth-order valence-electron chi connectivity index (χ4n) is 2.17. The van der Waals surface area contributed by atoms with Crippen molar-refractivity contribution in [3.63, 3.8) is 0 Å². The summed E-state index contributed by atoms with van der Waals surface area (Å²) in [7, 11) is 4.01. The average Bonchev–Trinajstić information content (AvgIpc) is 3.07. The summed E-state index contributed by atoms with van der Waals surface area (Å²) in [5.41, 5.74) is 2.64. The lowest BCUT2D eigenvalue weighted by Gasteiger charge is -2.15. The van der Waals surface area contributed by atoms with E-state index in [0.29, 0.717) is 12.4 Å². The van der Waals surface area contributed by atoms with Crippen LogP contribution >= 0.6 is 11.3 Å². The van der Waals surface area contributed by atoms with Crippen molar-refractivity contribution >= 4 is 27.4 Å². The number of hydrazine groups is 1. The molecule has 0 aromatic carbocycles. The first kappa shape index (κ1) is 13.9. The van der Waals surface area contributed by atoms with Gasteiger partial charge in [0.05, 0.1) is 18.5 Å². The first-order valence-corrected chi connectivity index (χ1v) is 7.41. The van der Waals surface area contributed by atoms with E-state index in [1.807, 2.05) is 36.3 Å². The Balaban J connectivity index is 1.79. The van der Waals surface area contributed by atoms with E-state index in [1.54, 1.807) is 17.5 Å². The summed E-state index contributed by atoms with van der Waals surface area (Å²) in [6, 6.07) is 1.97. The molecular weight excluding hydrogens is 286 g/mol. The number of aryl methyl sites for hydroxylation is 1. The van der Waals surface area contributed by atoms with Crippen molar-refractivity contribution in [2.75, 3.05) is 12.5 Å². The van der Waals surface area contributed by atoms with Crippen LogP contribution in [0, 0.1) is 0 Å². The maximum absolute atomic E-state index is 5.54. The van der Waals surface area contributed by atoms with Crippen LogP contribution in [0.4, 0.5) is 5.82 Å². The van der Waals surface area contributed by atoms with Gasteiger partial charge in [-0.2, -0.15) is 0 Å². The highest BCUT2D eigenvalue weighted by atomic mass is 32.1. The molecule has 0 saturated carbocycles. The number of hydrogen-bond acceptors (Lipinski definition) is 7. The summed E-state index contributed by atoms with van der Waals surface area (Å²) in [5.74, 6) is 7.96. The average molecular weight is 303 g/mol. The Morgan fingerprint density at radius 3 is 2.95 bits per heavy atom. The zero-order valence-electron chi connectivity index (χ0n) is 11.9. The molecule has 0 aliphatic rings. The van der Waals surface area contributed by atoms with Gasteiger partial charge >= 0.3 is 0 Å². The number of imidazole rings is 1. The standard InChI is InChI=1S/C13H17N7S/c1-19(8-11-15-4-5-20(11)2)7-10-16-12(18-14)9-3-6-21-13(9)17-10/h3-6H,7-8,14H2,1-2H3,(H,16,17,18). The molecule has 0 aliphatic carbocycles. The predicted octanol–water partition coefficient (Wildman–Crippen LogP) is 1.34. The summed E-state index contributed by atoms with van der Waals surface area (Å²) in [4.78, 5) is 16.4. The molecule has 0 bridgehead atoms. The number of nitrogens with one attached hydrogen (secondary N) is 1. The third-order valence-electron chi connectivity index (χ3n) is 3.25. The molecule has 0 atom stereocenters. The number of thiophene rings is 1. The van der Waals surface area contributed by atoms with E-state index < -0.39 is 0 Å². The quantitative estimate of drug-likeness (QED) is 0.546. The third kappa shape index (κ3) is 2.87. The van der Waals surface area contributed by atoms with Gasteiger partial charge in [-0.1, -0.05) is 0 Å². The third-order valence-corrected chi connectivity index (χ3v) is 4.06. The highest BCUT2D eigenvalue weighted by Gasteiger charge is 2.11. The largest absolute Gasteiger partial charge is 0.337 e. The minimum atomic E-state index is 0.634. The van der Waals surface area contributed by atoms with E-state index in [1.165, 1.54) is 0 Å². The van der Waals surface area contributed by atoms with Crippen molar-refractivity contribution in [1.29, 1.82) is 0 Å². The van der Waals surface area contributed by atoms with Crippen LogP contribution < -0.4 is 11.3 Å². The number of fused-ring (bicyclic) bond motifs is 1. The van der Waals surface area contributed by atoms with Gasteiger partial charge in [0, 0.05) is 19.4 Å². The van der Waals surface area contributed by atoms with Gasteiger partial charge in [-0.3, -0.25) is 4.90 Å². The van der Waals surface area contributed by atoms with Crippen LogP contribution in [-0.4, -0.2) is 31.5 Å². The lowest BCUT2D eigenvalue weighted by atomic mass is 10.3. The minimum absolute atomic E-state index is 0.634. The normalized spacial score (nSPS) is 11.4. The van der Waals surface area contributed by atoms with Crippen molar-refractivity contribution in [1.82, 2.24) is 24.4 Å². The molecule has 3 rings (SSSR count). The summed E-state index contributed by atoms with van der Waals surface area (Å²) in [5, 5.41) is 2.94. The van der Waals surface area contributed by atoms with Crippen molar-refractivity contribution in [3.05, 3.63) is 35.5 Å². The lowest BCUT2D eigenvalue weighted by molar-refractivity contribution is 0.300. The molecule has 0 spiro atoms. The molecule has 3 heterocycles. The molecule has 21 heavy (non-hydrogen) atoms. The van der Waals surface area contributed by atoms with Crippen LogP contribution in [0.5, 0.6) is 0 Å². The second-order valence-corrected chi connectivity index (χ2v) is 5.79. The Morgan fingerprint density at radius 2 is 2.24 bits per heavy atom. The number of anilines is 1. The van der Waals surface area contributed by atoms with Crippen molar-refractivity contribution in [2.24, 2.45) is 12.9 Å². The van der Waals surface area contributed by atoms with Crippen molar-refractivity contribution in [2.45, 2.75) is 13.1 Å². The summed E-state index contributed by atoms with van der Waals surface area (Å²) >= 11 is 1.58. The molecule has 0 amide bonds. The van der Waals surface area contributed by atoms with E-state index in [0.717, 1.165) is 28.4 Å². The molecule has 0 fully saturated rings.